The molecule has 0 fully saturated rings. The van der Waals surface area contributed by atoms with Gasteiger partial charge in [0.05, 0.1) is 5.92 Å². The van der Waals surface area contributed by atoms with Crippen molar-refractivity contribution in [2.45, 2.75) is 5.92 Å². The van der Waals surface area contributed by atoms with Crippen molar-refractivity contribution in [1.29, 1.82) is 0 Å². The summed E-state index contributed by atoms with van der Waals surface area (Å²) in [6.45, 7) is 0. The van der Waals surface area contributed by atoms with E-state index in [1.54, 1.807) is 0 Å². The van der Waals surface area contributed by atoms with E-state index in [2.05, 4.69) is 47.8 Å². The number of fused-ring (bicyclic) bond motifs is 5. The van der Waals surface area contributed by atoms with E-state index in [1.807, 2.05) is 12.1 Å². The minimum atomic E-state index is 0.382. The van der Waals surface area contributed by atoms with Crippen molar-refractivity contribution in [3.05, 3.63) is 70.9 Å². The number of allylic oxidation sites excluding steroid dienone is 1. The zero-order valence-electron chi connectivity index (χ0n) is 8.70. The fourth-order valence-corrected chi connectivity index (χ4v) is 2.70. The van der Waals surface area contributed by atoms with Crippen LogP contribution in [0, 0.1) is 6.07 Å². The van der Waals surface area contributed by atoms with Crippen LogP contribution in [0.3, 0.4) is 0 Å². The Labute approximate surface area is 94.4 Å². The molecule has 1 atom stereocenters. The second kappa shape index (κ2) is 2.76. The minimum absolute atomic E-state index is 0.382. The SMILES string of the molecule is [c]1cccc2c1C1C(=Cc3ccccc31)N2. The molecule has 0 aromatic heterocycles. The maximum atomic E-state index is 3.47. The van der Waals surface area contributed by atoms with Gasteiger partial charge >= 0.3 is 0 Å². The smallest absolute Gasteiger partial charge is 0.0523 e. The molecule has 0 saturated heterocycles. The molecular weight excluding hydrogens is 194 g/mol. The molecule has 1 heteroatoms. The van der Waals surface area contributed by atoms with Crippen molar-refractivity contribution in [3.63, 3.8) is 0 Å². The summed E-state index contributed by atoms with van der Waals surface area (Å²) in [7, 11) is 0. The highest BCUT2D eigenvalue weighted by Gasteiger charge is 2.33. The summed E-state index contributed by atoms with van der Waals surface area (Å²) < 4.78 is 0. The van der Waals surface area contributed by atoms with Crippen LogP contribution in [0.1, 0.15) is 22.6 Å². The van der Waals surface area contributed by atoms with Crippen LogP contribution >= 0.6 is 0 Å². The second-order valence-corrected chi connectivity index (χ2v) is 4.28. The maximum Gasteiger partial charge on any atom is 0.0523 e. The molecule has 0 bridgehead atoms. The Kier molecular flexibility index (Phi) is 1.41. The summed E-state index contributed by atoms with van der Waals surface area (Å²) in [4.78, 5) is 0. The van der Waals surface area contributed by atoms with Gasteiger partial charge in [0.15, 0.2) is 0 Å². The molecule has 75 valence electrons. The van der Waals surface area contributed by atoms with Gasteiger partial charge < -0.3 is 5.32 Å². The van der Waals surface area contributed by atoms with Crippen LogP contribution in [0.4, 0.5) is 5.69 Å². The number of benzene rings is 2. The molecule has 2 aromatic rings. The lowest BCUT2D eigenvalue weighted by Gasteiger charge is -2.08. The normalized spacial score (nSPS) is 19.5. The highest BCUT2D eigenvalue weighted by Crippen LogP contribution is 2.47. The fraction of sp³-hybridized carbons (Fsp3) is 0.0667. The predicted molar refractivity (Wildman–Crippen MR) is 65.2 cm³/mol. The Hall–Kier alpha value is -2.02. The van der Waals surface area contributed by atoms with Crippen LogP contribution in [0.5, 0.6) is 0 Å². The summed E-state index contributed by atoms with van der Waals surface area (Å²) in [5.41, 5.74) is 6.50. The number of rotatable bonds is 0. The molecule has 1 unspecified atom stereocenters. The van der Waals surface area contributed by atoms with E-state index in [9.17, 15) is 0 Å². The molecule has 2 aliphatic rings. The largest absolute Gasteiger partial charge is 0.358 e. The molecular formula is C15H10N. The van der Waals surface area contributed by atoms with Gasteiger partial charge in [-0.3, -0.25) is 0 Å². The molecule has 0 saturated carbocycles. The lowest BCUT2D eigenvalue weighted by atomic mass is 9.93. The van der Waals surface area contributed by atoms with Gasteiger partial charge in [0, 0.05) is 11.4 Å². The Morgan fingerprint density at radius 3 is 3.00 bits per heavy atom. The van der Waals surface area contributed by atoms with Crippen LogP contribution in [0.2, 0.25) is 0 Å². The molecule has 2 aromatic carbocycles. The first-order valence-corrected chi connectivity index (χ1v) is 5.51. The Morgan fingerprint density at radius 2 is 2.00 bits per heavy atom. The Balaban J connectivity index is 1.98. The standard InChI is InChI=1S/C15H10N/c1-2-6-11-10(5-1)9-14-15(11)12-7-3-4-8-13(12)16-14/h1-6,8-9,15-16H. The number of hydrogen-bond acceptors (Lipinski definition) is 1. The molecule has 0 amide bonds. The van der Waals surface area contributed by atoms with E-state index < -0.39 is 0 Å². The highest BCUT2D eigenvalue weighted by molar-refractivity contribution is 5.80. The van der Waals surface area contributed by atoms with Crippen LogP contribution in [-0.2, 0) is 0 Å². The molecule has 1 radical (unpaired) electrons. The Morgan fingerprint density at radius 1 is 1.06 bits per heavy atom. The van der Waals surface area contributed by atoms with Crippen LogP contribution in [-0.4, -0.2) is 0 Å². The average molecular weight is 204 g/mol. The van der Waals surface area contributed by atoms with Gasteiger partial charge in [-0.05, 0) is 34.9 Å². The van der Waals surface area contributed by atoms with Crippen molar-refractivity contribution in [2.24, 2.45) is 0 Å². The second-order valence-electron chi connectivity index (χ2n) is 4.28. The Bertz CT molecular complexity index is 610. The molecule has 4 rings (SSSR count). The van der Waals surface area contributed by atoms with Gasteiger partial charge in [-0.15, -0.1) is 0 Å². The average Bonchev–Trinajstić information content (AvgIpc) is 2.83. The van der Waals surface area contributed by atoms with Crippen LogP contribution < -0.4 is 5.32 Å². The first-order chi connectivity index (χ1) is 7.93. The molecule has 1 heterocycles. The first kappa shape index (κ1) is 8.17. The van der Waals surface area contributed by atoms with Gasteiger partial charge in [0.25, 0.3) is 0 Å². The topological polar surface area (TPSA) is 12.0 Å². The quantitative estimate of drug-likeness (QED) is 0.693. The van der Waals surface area contributed by atoms with Gasteiger partial charge in [0.2, 0.25) is 0 Å². The van der Waals surface area contributed by atoms with Crippen LogP contribution in [0.25, 0.3) is 6.08 Å². The van der Waals surface area contributed by atoms with Crippen molar-refractivity contribution in [2.75, 3.05) is 5.32 Å². The zero-order chi connectivity index (χ0) is 10.5. The van der Waals surface area contributed by atoms with Crippen molar-refractivity contribution in [1.82, 2.24) is 0 Å². The molecule has 1 nitrogen and oxygen atoms in total. The summed E-state index contributed by atoms with van der Waals surface area (Å²) in [5.74, 6) is 0.382. The van der Waals surface area contributed by atoms with E-state index in [0.717, 1.165) is 0 Å². The van der Waals surface area contributed by atoms with E-state index in [-0.39, 0.29) is 0 Å². The fourth-order valence-electron chi connectivity index (χ4n) is 2.70. The van der Waals surface area contributed by atoms with E-state index in [4.69, 9.17) is 0 Å². The monoisotopic (exact) mass is 204 g/mol. The molecule has 16 heavy (non-hydrogen) atoms. The van der Waals surface area contributed by atoms with E-state index in [1.165, 1.54) is 28.1 Å². The molecule has 1 N–H and O–H groups in total. The van der Waals surface area contributed by atoms with E-state index in [0.29, 0.717) is 5.92 Å². The number of anilines is 1. The summed E-state index contributed by atoms with van der Waals surface area (Å²) >= 11 is 0. The summed E-state index contributed by atoms with van der Waals surface area (Å²) in [5, 5.41) is 3.47. The predicted octanol–water partition coefficient (Wildman–Crippen LogP) is 3.40. The van der Waals surface area contributed by atoms with Crippen molar-refractivity contribution in [3.8, 4) is 0 Å². The third-order valence-electron chi connectivity index (χ3n) is 3.38. The highest BCUT2D eigenvalue weighted by atomic mass is 14.9. The lowest BCUT2D eigenvalue weighted by Crippen LogP contribution is -1.96. The molecule has 1 aliphatic carbocycles. The van der Waals surface area contributed by atoms with Gasteiger partial charge in [-0.25, -0.2) is 0 Å². The van der Waals surface area contributed by atoms with Gasteiger partial charge in [-0.1, -0.05) is 36.4 Å². The van der Waals surface area contributed by atoms with Gasteiger partial charge in [-0.2, -0.15) is 0 Å². The number of hydrogen-bond donors (Lipinski definition) is 1. The van der Waals surface area contributed by atoms with Crippen LogP contribution in [0.15, 0.2) is 48.2 Å². The molecule has 1 aliphatic heterocycles. The van der Waals surface area contributed by atoms with Crippen molar-refractivity contribution < 1.29 is 0 Å². The summed E-state index contributed by atoms with van der Waals surface area (Å²) in [6.07, 6.45) is 2.24. The zero-order valence-corrected chi connectivity index (χ0v) is 8.70. The summed E-state index contributed by atoms with van der Waals surface area (Å²) in [6, 6.07) is 18.1. The van der Waals surface area contributed by atoms with E-state index >= 15 is 0 Å². The van der Waals surface area contributed by atoms with Gasteiger partial charge in [0.1, 0.15) is 0 Å². The molecule has 0 spiro atoms. The maximum absolute atomic E-state index is 3.47. The van der Waals surface area contributed by atoms with Crippen molar-refractivity contribution >= 4 is 11.8 Å². The number of nitrogens with one attached hydrogen (secondary N) is 1. The lowest BCUT2D eigenvalue weighted by molar-refractivity contribution is 1.03. The third kappa shape index (κ3) is 0.904. The first-order valence-electron chi connectivity index (χ1n) is 5.51. The minimum Gasteiger partial charge on any atom is -0.358 e. The third-order valence-corrected chi connectivity index (χ3v) is 3.38.